The van der Waals surface area contributed by atoms with Crippen molar-refractivity contribution >= 4 is 12.4 Å². The highest BCUT2D eigenvalue weighted by Crippen LogP contribution is 2.15. The molecular weight excluding hydrogens is 209 g/mol. The third-order valence-corrected chi connectivity index (χ3v) is 1.11. The Morgan fingerprint density at radius 1 is 1.46 bits per heavy atom. The molecule has 74 valence electrons. The second-order valence-electron chi connectivity index (χ2n) is 2.13. The van der Waals surface area contributed by atoms with Crippen molar-refractivity contribution in [2.75, 3.05) is 0 Å². The molecule has 0 saturated heterocycles. The van der Waals surface area contributed by atoms with Crippen LogP contribution in [0.25, 0.3) is 0 Å². The molecule has 0 spiro atoms. The van der Waals surface area contributed by atoms with E-state index in [2.05, 4.69) is 5.10 Å². The van der Waals surface area contributed by atoms with Gasteiger partial charge in [-0.2, -0.15) is 18.3 Å². The summed E-state index contributed by atoms with van der Waals surface area (Å²) in [6.45, 7) is -1.34. The summed E-state index contributed by atoms with van der Waals surface area (Å²) < 4.78 is 35.5. The number of hydrogen-bond donors (Lipinski definition) is 0. The summed E-state index contributed by atoms with van der Waals surface area (Å²) >= 11 is 0. The van der Waals surface area contributed by atoms with Crippen LogP contribution in [0.2, 0.25) is 0 Å². The number of halogens is 4. The fraction of sp³-hybridized carbons (Fsp3) is 0.333. The quantitative estimate of drug-likeness (QED) is 0.705. The molecule has 0 N–H and O–H groups in total. The molecule has 0 aliphatic carbocycles. The smallest absolute Gasteiger partial charge is 0.268 e. The van der Waals surface area contributed by atoms with Crippen molar-refractivity contribution in [1.82, 2.24) is 9.78 Å². The summed E-state index contributed by atoms with van der Waals surface area (Å²) in [4.78, 5) is 10.7. The molecule has 0 unspecified atom stereocenters. The van der Waals surface area contributed by atoms with E-state index in [0.29, 0.717) is 4.68 Å². The molecule has 1 rings (SSSR count). The molecule has 7 heteroatoms. The van der Waals surface area contributed by atoms with Gasteiger partial charge in [-0.25, -0.2) is 4.68 Å². The second kappa shape index (κ2) is 4.27. The molecule has 3 nitrogen and oxygen atoms in total. The molecule has 0 aromatic carbocycles. The number of aromatic nitrogens is 2. The van der Waals surface area contributed by atoms with Crippen LogP contribution in [0.4, 0.5) is 13.2 Å². The van der Waals surface area contributed by atoms with Crippen molar-refractivity contribution in [2.24, 2.45) is 0 Å². The predicted octanol–water partition coefficient (Wildman–Crippen LogP) is 1.23. The number of alkyl halides is 3. The largest absolute Gasteiger partial charge is 0.408 e. The van der Waals surface area contributed by atoms with E-state index in [-0.39, 0.29) is 12.4 Å². The molecule has 1 heterocycles. The first-order valence-corrected chi connectivity index (χ1v) is 3.08. The van der Waals surface area contributed by atoms with Crippen molar-refractivity contribution in [2.45, 2.75) is 12.7 Å². The van der Waals surface area contributed by atoms with E-state index in [0.717, 1.165) is 12.3 Å². The Labute approximate surface area is 77.6 Å². The molecule has 0 fully saturated rings. The summed E-state index contributed by atoms with van der Waals surface area (Å²) in [7, 11) is 0. The van der Waals surface area contributed by atoms with Gasteiger partial charge < -0.3 is 0 Å². The van der Waals surface area contributed by atoms with Crippen LogP contribution in [0, 0.1) is 0 Å². The van der Waals surface area contributed by atoms with Crippen molar-refractivity contribution in [1.29, 1.82) is 0 Å². The monoisotopic (exact) mass is 214 g/mol. The average molecular weight is 215 g/mol. The molecule has 0 aliphatic rings. The first kappa shape index (κ1) is 12.0. The topological polar surface area (TPSA) is 34.9 Å². The lowest BCUT2D eigenvalue weighted by molar-refractivity contribution is -0.143. The number of hydrogen-bond acceptors (Lipinski definition) is 2. The fourth-order valence-corrected chi connectivity index (χ4v) is 0.676. The van der Waals surface area contributed by atoms with Crippen molar-refractivity contribution in [3.8, 4) is 0 Å². The lowest BCUT2D eigenvalue weighted by atomic mass is 10.5. The molecule has 0 amide bonds. The van der Waals surface area contributed by atoms with Crippen LogP contribution in [0.15, 0.2) is 23.1 Å². The Bertz CT molecular complexity index is 322. The molecule has 13 heavy (non-hydrogen) atoms. The van der Waals surface area contributed by atoms with E-state index in [1.54, 1.807) is 0 Å². The summed E-state index contributed by atoms with van der Waals surface area (Å²) in [5.74, 6) is 0. The lowest BCUT2D eigenvalue weighted by Gasteiger charge is -2.06. The normalized spacial score (nSPS) is 10.7. The Morgan fingerprint density at radius 2 is 2.08 bits per heavy atom. The van der Waals surface area contributed by atoms with E-state index < -0.39 is 18.3 Å². The van der Waals surface area contributed by atoms with Gasteiger partial charge >= 0.3 is 6.18 Å². The third kappa shape index (κ3) is 3.93. The van der Waals surface area contributed by atoms with Crippen LogP contribution in [0.1, 0.15) is 0 Å². The highest BCUT2D eigenvalue weighted by Gasteiger charge is 2.28. The van der Waals surface area contributed by atoms with Gasteiger partial charge in [0, 0.05) is 12.3 Å². The van der Waals surface area contributed by atoms with Crippen LogP contribution in [0.3, 0.4) is 0 Å². The Kier molecular flexibility index (Phi) is 3.93. The van der Waals surface area contributed by atoms with Crippen molar-refractivity contribution < 1.29 is 13.2 Å². The fourth-order valence-electron chi connectivity index (χ4n) is 0.676. The van der Waals surface area contributed by atoms with E-state index in [1.807, 2.05) is 0 Å². The minimum Gasteiger partial charge on any atom is -0.268 e. The van der Waals surface area contributed by atoms with Gasteiger partial charge in [-0.1, -0.05) is 0 Å². The van der Waals surface area contributed by atoms with E-state index in [9.17, 15) is 18.0 Å². The van der Waals surface area contributed by atoms with Gasteiger partial charge in [0.25, 0.3) is 5.56 Å². The molecule has 1 aromatic heterocycles. The highest BCUT2D eigenvalue weighted by molar-refractivity contribution is 5.85. The van der Waals surface area contributed by atoms with Gasteiger partial charge in [-0.15, -0.1) is 12.4 Å². The minimum atomic E-state index is -4.40. The van der Waals surface area contributed by atoms with E-state index >= 15 is 0 Å². The summed E-state index contributed by atoms with van der Waals surface area (Å²) in [5.41, 5.74) is -0.755. The van der Waals surface area contributed by atoms with Gasteiger partial charge in [0.15, 0.2) is 0 Å². The van der Waals surface area contributed by atoms with Crippen molar-refractivity contribution in [3.05, 3.63) is 28.7 Å². The molecule has 0 atom stereocenters. The van der Waals surface area contributed by atoms with Gasteiger partial charge in [-0.05, 0) is 6.07 Å². The molecule has 0 bridgehead atoms. The third-order valence-electron chi connectivity index (χ3n) is 1.11. The Balaban J connectivity index is 0.00000144. The molecular formula is C6H6ClF3N2O. The van der Waals surface area contributed by atoms with Crippen LogP contribution in [-0.2, 0) is 6.54 Å². The minimum absolute atomic E-state index is 0. The van der Waals surface area contributed by atoms with Gasteiger partial charge in [0.2, 0.25) is 0 Å². The Hall–Kier alpha value is -1.04. The maximum Gasteiger partial charge on any atom is 0.408 e. The van der Waals surface area contributed by atoms with Crippen LogP contribution in [0.5, 0.6) is 0 Å². The first-order chi connectivity index (χ1) is 5.49. The van der Waals surface area contributed by atoms with Crippen LogP contribution < -0.4 is 5.56 Å². The van der Waals surface area contributed by atoms with E-state index in [1.165, 1.54) is 6.07 Å². The Morgan fingerprint density at radius 3 is 2.54 bits per heavy atom. The SMILES string of the molecule is Cl.O=c1cccnn1CC(F)(F)F. The zero-order valence-corrected chi connectivity index (χ0v) is 7.10. The molecule has 1 aromatic rings. The number of nitrogens with zero attached hydrogens (tertiary/aromatic N) is 2. The maximum atomic E-state index is 11.7. The molecule has 0 aliphatic heterocycles. The molecule has 0 saturated carbocycles. The zero-order valence-electron chi connectivity index (χ0n) is 6.28. The average Bonchev–Trinajstić information content (AvgIpc) is 1.91. The van der Waals surface area contributed by atoms with E-state index in [4.69, 9.17) is 0 Å². The standard InChI is InChI=1S/C6H5F3N2O.ClH/c7-6(8,9)4-11-5(12)2-1-3-10-11;/h1-3H,4H2;1H. The summed E-state index contributed by atoms with van der Waals surface area (Å²) in [6.07, 6.45) is -3.27. The molecule has 0 radical (unpaired) electrons. The second-order valence-corrected chi connectivity index (χ2v) is 2.13. The first-order valence-electron chi connectivity index (χ1n) is 3.08. The van der Waals surface area contributed by atoms with Gasteiger partial charge in [0.05, 0.1) is 0 Å². The van der Waals surface area contributed by atoms with Gasteiger partial charge in [0.1, 0.15) is 6.54 Å². The number of rotatable bonds is 1. The lowest BCUT2D eigenvalue weighted by Crippen LogP contribution is -2.29. The van der Waals surface area contributed by atoms with Crippen LogP contribution >= 0.6 is 12.4 Å². The summed E-state index contributed by atoms with van der Waals surface area (Å²) in [6, 6.07) is 2.31. The predicted molar refractivity (Wildman–Crippen MR) is 41.8 cm³/mol. The highest BCUT2D eigenvalue weighted by atomic mass is 35.5. The van der Waals surface area contributed by atoms with Crippen molar-refractivity contribution in [3.63, 3.8) is 0 Å². The van der Waals surface area contributed by atoms with Gasteiger partial charge in [-0.3, -0.25) is 4.79 Å². The maximum absolute atomic E-state index is 11.7. The zero-order chi connectivity index (χ0) is 9.19. The summed E-state index contributed by atoms with van der Waals surface area (Å²) in [5, 5.41) is 3.25. The van der Waals surface area contributed by atoms with Crippen LogP contribution in [-0.4, -0.2) is 16.0 Å².